The first-order chi connectivity index (χ1) is 13.5. The smallest absolute Gasteiger partial charge is 0.310 e. The molecule has 3 rings (SSSR count). The lowest BCUT2D eigenvalue weighted by atomic mass is 9.60. The Balaban J connectivity index is 2.10. The topological polar surface area (TPSA) is 57.6 Å². The zero-order valence-electron chi connectivity index (χ0n) is 19.0. The summed E-state index contributed by atoms with van der Waals surface area (Å²) < 4.78 is 0. The van der Waals surface area contributed by atoms with Gasteiger partial charge in [-0.2, -0.15) is 0 Å². The maximum Gasteiger partial charge on any atom is 0.310 e. The normalized spacial score (nSPS) is 25.6. The van der Waals surface area contributed by atoms with E-state index in [9.17, 15) is 14.7 Å². The summed E-state index contributed by atoms with van der Waals surface area (Å²) in [5.74, 6) is -0.936. The minimum atomic E-state index is -0.814. The van der Waals surface area contributed by atoms with Gasteiger partial charge < -0.3 is 10.0 Å². The molecule has 1 aromatic carbocycles. The maximum absolute atomic E-state index is 13.0. The molecule has 0 spiro atoms. The molecule has 160 valence electrons. The molecule has 1 N–H and O–H groups in total. The van der Waals surface area contributed by atoms with Crippen molar-refractivity contribution in [2.75, 3.05) is 6.54 Å². The van der Waals surface area contributed by atoms with Crippen LogP contribution >= 0.6 is 0 Å². The molecule has 1 aliphatic carbocycles. The second kappa shape index (κ2) is 7.77. The third kappa shape index (κ3) is 4.08. The summed E-state index contributed by atoms with van der Waals surface area (Å²) in [6.07, 6.45) is 5.50. The van der Waals surface area contributed by atoms with Crippen LogP contribution in [0.5, 0.6) is 0 Å². The van der Waals surface area contributed by atoms with E-state index in [0.717, 1.165) is 48.9 Å². The highest BCUT2D eigenvalue weighted by molar-refractivity contribution is 5.99. The first-order valence-corrected chi connectivity index (χ1v) is 11.2. The highest BCUT2D eigenvalue weighted by Crippen LogP contribution is 2.50. The molecule has 1 amide bonds. The van der Waals surface area contributed by atoms with Crippen molar-refractivity contribution < 1.29 is 14.7 Å². The van der Waals surface area contributed by atoms with Gasteiger partial charge in [0.1, 0.15) is 0 Å². The summed E-state index contributed by atoms with van der Waals surface area (Å²) >= 11 is 0. The van der Waals surface area contributed by atoms with Crippen LogP contribution in [-0.4, -0.2) is 28.4 Å². The molecule has 4 nitrogen and oxygen atoms in total. The fourth-order valence-corrected chi connectivity index (χ4v) is 5.69. The Labute approximate surface area is 175 Å². The van der Waals surface area contributed by atoms with E-state index in [2.05, 4.69) is 40.7 Å². The average Bonchev–Trinajstić information content (AvgIpc) is 2.94. The van der Waals surface area contributed by atoms with Crippen molar-refractivity contribution >= 4 is 11.9 Å². The summed E-state index contributed by atoms with van der Waals surface area (Å²) in [4.78, 5) is 27.0. The molecule has 0 radical (unpaired) electrons. The molecular formula is C25H37NO3. The van der Waals surface area contributed by atoms with E-state index in [4.69, 9.17) is 0 Å². The van der Waals surface area contributed by atoms with Gasteiger partial charge in [0, 0.05) is 18.7 Å². The summed E-state index contributed by atoms with van der Waals surface area (Å²) in [5, 5.41) is 9.89. The highest BCUT2D eigenvalue weighted by Gasteiger charge is 2.42. The van der Waals surface area contributed by atoms with Crippen molar-refractivity contribution in [1.29, 1.82) is 0 Å². The van der Waals surface area contributed by atoms with Gasteiger partial charge >= 0.3 is 5.97 Å². The molecule has 0 bridgehead atoms. The number of aliphatic carboxylic acids is 1. The zero-order chi connectivity index (χ0) is 21.6. The lowest BCUT2D eigenvalue weighted by Gasteiger charge is -2.44. The fourth-order valence-electron chi connectivity index (χ4n) is 5.69. The van der Waals surface area contributed by atoms with Gasteiger partial charge in [-0.3, -0.25) is 9.59 Å². The van der Waals surface area contributed by atoms with Crippen LogP contribution < -0.4 is 0 Å². The Morgan fingerprint density at radius 1 is 1.21 bits per heavy atom. The van der Waals surface area contributed by atoms with Gasteiger partial charge in [-0.05, 0) is 65.7 Å². The highest BCUT2D eigenvalue weighted by atomic mass is 16.4. The molecular weight excluding hydrogens is 362 g/mol. The number of rotatable bonds is 6. The van der Waals surface area contributed by atoms with Crippen LogP contribution in [0.25, 0.3) is 0 Å². The number of carbonyl (C=O) groups excluding carboxylic acids is 1. The van der Waals surface area contributed by atoms with Gasteiger partial charge in [0.15, 0.2) is 0 Å². The second-order valence-electron chi connectivity index (χ2n) is 10.6. The number of carboxylic acid groups (broad SMARTS) is 1. The lowest BCUT2D eigenvalue weighted by Crippen LogP contribution is -2.36. The van der Waals surface area contributed by atoms with Gasteiger partial charge in [-0.25, -0.2) is 0 Å². The van der Waals surface area contributed by atoms with Crippen LogP contribution in [0.2, 0.25) is 0 Å². The predicted octanol–water partition coefficient (Wildman–Crippen LogP) is 5.73. The van der Waals surface area contributed by atoms with Crippen LogP contribution in [-0.2, 0) is 16.8 Å². The first-order valence-electron chi connectivity index (χ1n) is 11.2. The number of amides is 1. The van der Waals surface area contributed by atoms with Gasteiger partial charge in [-0.1, -0.05) is 53.5 Å². The Bertz CT molecular complexity index is 813. The molecule has 1 heterocycles. The number of fused-ring (bicyclic) bond motifs is 1. The fraction of sp³-hybridized carbons (Fsp3) is 0.680. The van der Waals surface area contributed by atoms with Gasteiger partial charge in [0.25, 0.3) is 5.91 Å². The number of benzene rings is 1. The van der Waals surface area contributed by atoms with E-state index >= 15 is 0 Å². The third-order valence-electron chi connectivity index (χ3n) is 7.36. The minimum Gasteiger partial charge on any atom is -0.481 e. The first kappa shape index (κ1) is 21.9. The van der Waals surface area contributed by atoms with Crippen molar-refractivity contribution in [1.82, 2.24) is 4.90 Å². The summed E-state index contributed by atoms with van der Waals surface area (Å²) in [6.45, 7) is 14.3. The molecule has 2 aliphatic rings. The van der Waals surface area contributed by atoms with Crippen LogP contribution in [0.4, 0.5) is 0 Å². The Morgan fingerprint density at radius 3 is 2.48 bits per heavy atom. The minimum absolute atomic E-state index is 0.0526. The van der Waals surface area contributed by atoms with Crippen molar-refractivity contribution in [2.24, 2.45) is 11.3 Å². The summed E-state index contributed by atoms with van der Waals surface area (Å²) in [6, 6.07) is 4.04. The van der Waals surface area contributed by atoms with Crippen molar-refractivity contribution in [3.63, 3.8) is 0 Å². The van der Waals surface area contributed by atoms with Crippen LogP contribution in [0.15, 0.2) is 12.1 Å². The van der Waals surface area contributed by atoms with E-state index in [-0.39, 0.29) is 16.7 Å². The Kier molecular flexibility index (Phi) is 5.86. The largest absolute Gasteiger partial charge is 0.481 e. The molecule has 29 heavy (non-hydrogen) atoms. The lowest BCUT2D eigenvalue weighted by molar-refractivity contribution is -0.138. The van der Waals surface area contributed by atoms with Crippen molar-refractivity contribution in [3.8, 4) is 0 Å². The number of hydrogen-bond acceptors (Lipinski definition) is 2. The number of nitrogens with zero attached hydrogens (tertiary/aromatic N) is 1. The molecule has 1 saturated carbocycles. The monoisotopic (exact) mass is 399 g/mol. The Hall–Kier alpha value is -1.84. The van der Waals surface area contributed by atoms with E-state index in [1.54, 1.807) is 6.92 Å². The van der Waals surface area contributed by atoms with E-state index in [1.807, 2.05) is 11.0 Å². The molecule has 4 heteroatoms. The standard InChI is InChI=1S/C25H37NO3/c1-7-16(2)13-26-14-19-18(22(26)27)9-10-20(21(19)17(3)23(28)29)25(6)12-8-11-24(4,5)15-25/h9-10,16-17H,7-8,11-15H2,1-6H3,(H,28,29)/t16?,17-,25+/m1/s1. The quantitative estimate of drug-likeness (QED) is 0.664. The number of carboxylic acids is 1. The number of carbonyl (C=O) groups is 2. The molecule has 0 aromatic heterocycles. The number of hydrogen-bond donors (Lipinski definition) is 1. The molecule has 1 aromatic rings. The van der Waals surface area contributed by atoms with Crippen LogP contribution in [0.3, 0.4) is 0 Å². The van der Waals surface area contributed by atoms with Gasteiger partial charge in [0.05, 0.1) is 5.92 Å². The maximum atomic E-state index is 13.0. The zero-order valence-corrected chi connectivity index (χ0v) is 19.0. The molecule has 1 aliphatic heterocycles. The van der Waals surface area contributed by atoms with E-state index in [0.29, 0.717) is 18.0 Å². The summed E-state index contributed by atoms with van der Waals surface area (Å²) in [5.41, 5.74) is 3.90. The average molecular weight is 400 g/mol. The molecule has 1 unspecified atom stereocenters. The second-order valence-corrected chi connectivity index (χ2v) is 10.6. The van der Waals surface area contributed by atoms with E-state index in [1.165, 1.54) is 6.42 Å². The van der Waals surface area contributed by atoms with Crippen LogP contribution in [0.1, 0.15) is 107 Å². The third-order valence-corrected chi connectivity index (χ3v) is 7.36. The molecule has 0 saturated heterocycles. The Morgan fingerprint density at radius 2 is 1.90 bits per heavy atom. The van der Waals surface area contributed by atoms with Crippen LogP contribution in [0, 0.1) is 11.3 Å². The van der Waals surface area contributed by atoms with Gasteiger partial charge in [-0.15, -0.1) is 0 Å². The van der Waals surface area contributed by atoms with Crippen molar-refractivity contribution in [2.45, 2.75) is 91.5 Å². The summed E-state index contributed by atoms with van der Waals surface area (Å²) in [7, 11) is 0. The molecule has 1 fully saturated rings. The van der Waals surface area contributed by atoms with E-state index < -0.39 is 11.9 Å². The molecule has 3 atom stereocenters. The van der Waals surface area contributed by atoms with Crippen molar-refractivity contribution in [3.05, 3.63) is 34.4 Å². The predicted molar refractivity (Wildman–Crippen MR) is 116 cm³/mol. The SMILES string of the molecule is CCC(C)CN1Cc2c(ccc([C@@]3(C)CCCC(C)(C)C3)c2[C@@H](C)C(=O)O)C1=O. The van der Waals surface area contributed by atoms with Gasteiger partial charge in [0.2, 0.25) is 0 Å².